The van der Waals surface area contributed by atoms with Gasteiger partial charge in [0.15, 0.2) is 0 Å². The number of piperidine rings is 1. The standard InChI is InChI=1S/C19H24N6O2/c1-3-24-18(15-5-4-10-20-11-15)22-25(19(24)26)12-16-21-17(23-27-16)14-8-6-13(2)7-9-14/h6-9,15,20H,3-5,10-12H2,1-2H3/t15-/m1/s1. The van der Waals surface area contributed by atoms with Gasteiger partial charge in [-0.2, -0.15) is 10.1 Å². The van der Waals surface area contributed by atoms with E-state index in [0.29, 0.717) is 18.3 Å². The Morgan fingerprint density at radius 3 is 2.81 bits per heavy atom. The van der Waals surface area contributed by atoms with Crippen molar-refractivity contribution in [2.24, 2.45) is 0 Å². The minimum absolute atomic E-state index is 0.131. The first-order chi connectivity index (χ1) is 13.2. The van der Waals surface area contributed by atoms with E-state index >= 15 is 0 Å². The molecule has 3 aromatic rings. The second-order valence-electron chi connectivity index (χ2n) is 6.96. The zero-order valence-corrected chi connectivity index (χ0v) is 15.7. The molecule has 0 bridgehead atoms. The maximum Gasteiger partial charge on any atom is 0.346 e. The number of nitrogens with zero attached hydrogens (tertiary/aromatic N) is 5. The Balaban J connectivity index is 1.58. The van der Waals surface area contributed by atoms with Gasteiger partial charge < -0.3 is 9.84 Å². The SMILES string of the molecule is CCn1c([C@@H]2CCCNC2)nn(Cc2nc(-c3ccc(C)cc3)no2)c1=O. The van der Waals surface area contributed by atoms with Gasteiger partial charge in [0.2, 0.25) is 11.7 Å². The monoisotopic (exact) mass is 368 g/mol. The number of nitrogens with one attached hydrogen (secondary N) is 1. The van der Waals surface area contributed by atoms with Crippen LogP contribution in [-0.2, 0) is 13.1 Å². The Kier molecular flexibility index (Phi) is 4.89. The van der Waals surface area contributed by atoms with E-state index in [9.17, 15) is 4.79 Å². The summed E-state index contributed by atoms with van der Waals surface area (Å²) in [7, 11) is 0. The molecule has 2 aromatic heterocycles. The summed E-state index contributed by atoms with van der Waals surface area (Å²) >= 11 is 0. The number of aromatic nitrogens is 5. The highest BCUT2D eigenvalue weighted by Gasteiger charge is 2.24. The molecule has 1 fully saturated rings. The van der Waals surface area contributed by atoms with E-state index in [1.54, 1.807) is 4.57 Å². The summed E-state index contributed by atoms with van der Waals surface area (Å²) in [5.74, 6) is 2.00. The van der Waals surface area contributed by atoms with Gasteiger partial charge in [0, 0.05) is 24.6 Å². The average Bonchev–Trinajstić information content (AvgIpc) is 3.28. The molecule has 1 atom stereocenters. The van der Waals surface area contributed by atoms with Gasteiger partial charge in [-0.25, -0.2) is 9.48 Å². The maximum atomic E-state index is 12.7. The van der Waals surface area contributed by atoms with Crippen molar-refractivity contribution in [3.63, 3.8) is 0 Å². The first-order valence-corrected chi connectivity index (χ1v) is 9.43. The summed E-state index contributed by atoms with van der Waals surface area (Å²) in [5.41, 5.74) is 1.92. The van der Waals surface area contributed by atoms with E-state index in [1.807, 2.05) is 38.1 Å². The highest BCUT2D eigenvalue weighted by atomic mass is 16.5. The summed E-state index contributed by atoms with van der Waals surface area (Å²) in [6.07, 6.45) is 2.14. The number of hydrogen-bond donors (Lipinski definition) is 1. The third-order valence-corrected chi connectivity index (χ3v) is 4.99. The fraction of sp³-hybridized carbons (Fsp3) is 0.474. The van der Waals surface area contributed by atoms with E-state index < -0.39 is 0 Å². The molecule has 3 heterocycles. The molecular formula is C19H24N6O2. The number of hydrogen-bond acceptors (Lipinski definition) is 6. The highest BCUT2D eigenvalue weighted by Crippen LogP contribution is 2.21. The van der Waals surface area contributed by atoms with Gasteiger partial charge in [0.05, 0.1) is 0 Å². The van der Waals surface area contributed by atoms with Crippen LogP contribution in [0.25, 0.3) is 11.4 Å². The number of benzene rings is 1. The fourth-order valence-corrected chi connectivity index (χ4v) is 3.50. The van der Waals surface area contributed by atoms with Gasteiger partial charge in [-0.1, -0.05) is 35.0 Å². The summed E-state index contributed by atoms with van der Waals surface area (Å²) in [5, 5.41) is 12.0. The lowest BCUT2D eigenvalue weighted by molar-refractivity contribution is 0.363. The summed E-state index contributed by atoms with van der Waals surface area (Å²) in [6, 6.07) is 7.92. The first kappa shape index (κ1) is 17.7. The first-order valence-electron chi connectivity index (χ1n) is 9.43. The zero-order valence-electron chi connectivity index (χ0n) is 15.7. The van der Waals surface area contributed by atoms with Crippen molar-refractivity contribution in [1.82, 2.24) is 29.8 Å². The fourth-order valence-electron chi connectivity index (χ4n) is 3.50. The minimum atomic E-state index is -0.131. The molecule has 0 saturated carbocycles. The van der Waals surface area contributed by atoms with E-state index in [-0.39, 0.29) is 18.2 Å². The molecule has 1 saturated heterocycles. The van der Waals surface area contributed by atoms with Gasteiger partial charge >= 0.3 is 5.69 Å². The number of aryl methyl sites for hydroxylation is 1. The molecule has 142 valence electrons. The van der Waals surface area contributed by atoms with Crippen LogP contribution in [0.1, 0.15) is 43.0 Å². The molecule has 4 rings (SSSR count). The van der Waals surface area contributed by atoms with Crippen LogP contribution >= 0.6 is 0 Å². The van der Waals surface area contributed by atoms with Crippen LogP contribution in [-0.4, -0.2) is 37.6 Å². The molecule has 27 heavy (non-hydrogen) atoms. The van der Waals surface area contributed by atoms with Gasteiger partial charge in [-0.3, -0.25) is 4.57 Å². The van der Waals surface area contributed by atoms with E-state index in [2.05, 4.69) is 20.6 Å². The zero-order chi connectivity index (χ0) is 18.8. The third kappa shape index (κ3) is 3.57. The van der Waals surface area contributed by atoms with E-state index in [4.69, 9.17) is 4.52 Å². The minimum Gasteiger partial charge on any atom is -0.337 e. The lowest BCUT2D eigenvalue weighted by Gasteiger charge is -2.21. The van der Waals surface area contributed by atoms with Crippen LogP contribution in [0, 0.1) is 6.92 Å². The van der Waals surface area contributed by atoms with Crippen LogP contribution < -0.4 is 11.0 Å². The molecule has 0 spiro atoms. The van der Waals surface area contributed by atoms with E-state index in [0.717, 1.165) is 37.3 Å². The number of rotatable bonds is 5. The Morgan fingerprint density at radius 1 is 1.30 bits per heavy atom. The molecule has 1 aliphatic rings. The van der Waals surface area contributed by atoms with Crippen LogP contribution in [0.3, 0.4) is 0 Å². The second-order valence-corrected chi connectivity index (χ2v) is 6.96. The quantitative estimate of drug-likeness (QED) is 0.740. The van der Waals surface area contributed by atoms with E-state index in [1.165, 1.54) is 10.2 Å². The molecule has 0 amide bonds. The average molecular weight is 368 g/mol. The molecular weight excluding hydrogens is 344 g/mol. The van der Waals surface area contributed by atoms with Crippen LogP contribution in [0.4, 0.5) is 0 Å². The molecule has 8 heteroatoms. The lowest BCUT2D eigenvalue weighted by Crippen LogP contribution is -2.31. The molecule has 8 nitrogen and oxygen atoms in total. The van der Waals surface area contributed by atoms with Gasteiger partial charge in [0.1, 0.15) is 12.4 Å². The Hall–Kier alpha value is -2.74. The smallest absolute Gasteiger partial charge is 0.337 e. The van der Waals surface area contributed by atoms with Crippen LogP contribution in [0.5, 0.6) is 0 Å². The van der Waals surface area contributed by atoms with Crippen molar-refractivity contribution in [2.45, 2.75) is 45.7 Å². The Morgan fingerprint density at radius 2 is 2.11 bits per heavy atom. The molecule has 1 N–H and O–H groups in total. The molecule has 1 aromatic carbocycles. The van der Waals surface area contributed by atoms with Crippen molar-refractivity contribution in [3.8, 4) is 11.4 Å². The Labute approximate surface area is 157 Å². The lowest BCUT2D eigenvalue weighted by atomic mass is 9.99. The van der Waals surface area contributed by atoms with Gasteiger partial charge in [0.25, 0.3) is 0 Å². The predicted molar refractivity (Wildman–Crippen MR) is 101 cm³/mol. The third-order valence-electron chi connectivity index (χ3n) is 4.99. The summed E-state index contributed by atoms with van der Waals surface area (Å²) < 4.78 is 8.53. The maximum absolute atomic E-state index is 12.7. The molecule has 1 aliphatic heterocycles. The second kappa shape index (κ2) is 7.48. The van der Waals surface area contributed by atoms with Crippen molar-refractivity contribution >= 4 is 0 Å². The van der Waals surface area contributed by atoms with Gasteiger partial charge in [-0.15, -0.1) is 0 Å². The van der Waals surface area contributed by atoms with Crippen molar-refractivity contribution in [1.29, 1.82) is 0 Å². The van der Waals surface area contributed by atoms with Gasteiger partial charge in [-0.05, 0) is 33.2 Å². The summed E-state index contributed by atoms with van der Waals surface area (Å²) in [4.78, 5) is 17.2. The Bertz CT molecular complexity index is 963. The topological polar surface area (TPSA) is 90.8 Å². The van der Waals surface area contributed by atoms with Crippen molar-refractivity contribution in [2.75, 3.05) is 13.1 Å². The van der Waals surface area contributed by atoms with Crippen LogP contribution in [0.2, 0.25) is 0 Å². The normalized spacial score (nSPS) is 17.3. The highest BCUT2D eigenvalue weighted by molar-refractivity contribution is 5.54. The van der Waals surface area contributed by atoms with Crippen molar-refractivity contribution < 1.29 is 4.52 Å². The summed E-state index contributed by atoms with van der Waals surface area (Å²) in [6.45, 7) is 6.66. The molecule has 0 radical (unpaired) electrons. The van der Waals surface area contributed by atoms with Crippen molar-refractivity contribution in [3.05, 3.63) is 52.0 Å². The molecule has 0 unspecified atom stereocenters. The predicted octanol–water partition coefficient (Wildman–Crippen LogP) is 1.94. The largest absolute Gasteiger partial charge is 0.346 e. The van der Waals surface area contributed by atoms with Crippen LogP contribution in [0.15, 0.2) is 33.6 Å². The molecule has 0 aliphatic carbocycles.